The van der Waals surface area contributed by atoms with Crippen LogP contribution in [0.25, 0.3) is 0 Å². The van der Waals surface area contributed by atoms with E-state index < -0.39 is 23.4 Å². The van der Waals surface area contributed by atoms with Crippen LogP contribution in [0.2, 0.25) is 0 Å². The molecule has 2 N–H and O–H groups in total. The van der Waals surface area contributed by atoms with Gasteiger partial charge in [0, 0.05) is 12.1 Å². The van der Waals surface area contributed by atoms with Crippen molar-refractivity contribution in [3.8, 4) is 0 Å². The average Bonchev–Trinajstić information content (AvgIpc) is 2.64. The molecular weight excluding hydrogens is 338 g/mol. The third-order valence-electron chi connectivity index (χ3n) is 2.61. The van der Waals surface area contributed by atoms with Gasteiger partial charge in [-0.15, -0.1) is 0 Å². The number of halogens is 3. The molecule has 0 atom stereocenters. The van der Waals surface area contributed by atoms with Gasteiger partial charge in [-0.3, -0.25) is 14.5 Å². The minimum Gasteiger partial charge on any atom is -0.395 e. The van der Waals surface area contributed by atoms with Gasteiger partial charge in [-0.1, -0.05) is 0 Å². The summed E-state index contributed by atoms with van der Waals surface area (Å²) in [5, 5.41) is 11.1. The van der Waals surface area contributed by atoms with Gasteiger partial charge >= 0.3 is 0 Å². The molecular formula is C12H9BrF2N2O3. The first-order valence-electron chi connectivity index (χ1n) is 5.54. The van der Waals surface area contributed by atoms with Crippen LogP contribution in [-0.2, 0) is 9.59 Å². The van der Waals surface area contributed by atoms with E-state index in [-0.39, 0.29) is 29.0 Å². The van der Waals surface area contributed by atoms with Crippen LogP contribution in [0.1, 0.15) is 0 Å². The summed E-state index contributed by atoms with van der Waals surface area (Å²) >= 11 is 2.83. The monoisotopic (exact) mass is 346 g/mol. The van der Waals surface area contributed by atoms with Gasteiger partial charge in [-0.25, -0.2) is 8.78 Å². The second-order valence-corrected chi connectivity index (χ2v) is 4.80. The van der Waals surface area contributed by atoms with E-state index in [0.717, 1.165) is 23.1 Å². The zero-order chi connectivity index (χ0) is 14.9. The SMILES string of the molecule is O=C1C=C(Nc2cc(F)c(Br)cc2F)C(=O)N1CCO. The molecule has 1 aromatic carbocycles. The maximum absolute atomic E-state index is 13.6. The quantitative estimate of drug-likeness (QED) is 0.638. The third-order valence-corrected chi connectivity index (χ3v) is 3.22. The van der Waals surface area contributed by atoms with Crippen LogP contribution in [0.4, 0.5) is 14.5 Å². The highest BCUT2D eigenvalue weighted by molar-refractivity contribution is 9.10. The lowest BCUT2D eigenvalue weighted by Crippen LogP contribution is -2.34. The lowest BCUT2D eigenvalue weighted by atomic mass is 10.2. The van der Waals surface area contributed by atoms with E-state index in [9.17, 15) is 18.4 Å². The molecule has 0 radical (unpaired) electrons. The van der Waals surface area contributed by atoms with Crippen molar-refractivity contribution in [2.75, 3.05) is 18.5 Å². The highest BCUT2D eigenvalue weighted by atomic mass is 79.9. The molecule has 1 aliphatic rings. The Bertz CT molecular complexity index is 619. The van der Waals surface area contributed by atoms with Crippen LogP contribution < -0.4 is 5.32 Å². The van der Waals surface area contributed by atoms with Gasteiger partial charge in [0.2, 0.25) is 0 Å². The van der Waals surface area contributed by atoms with Crippen molar-refractivity contribution in [2.24, 2.45) is 0 Å². The summed E-state index contributed by atoms with van der Waals surface area (Å²) in [4.78, 5) is 24.1. The maximum atomic E-state index is 13.6. The lowest BCUT2D eigenvalue weighted by Gasteiger charge is -2.13. The smallest absolute Gasteiger partial charge is 0.277 e. The first-order chi connectivity index (χ1) is 9.43. The molecule has 1 aliphatic heterocycles. The predicted molar refractivity (Wildman–Crippen MR) is 69.6 cm³/mol. The van der Waals surface area contributed by atoms with Crippen molar-refractivity contribution in [1.82, 2.24) is 4.90 Å². The number of anilines is 1. The number of β-amino-alcohol motifs (C(OH)–C–C–N with tert-alkyl or cyclic N) is 1. The normalized spacial score (nSPS) is 14.8. The number of hydrogen-bond acceptors (Lipinski definition) is 4. The Morgan fingerprint density at radius 3 is 2.60 bits per heavy atom. The maximum Gasteiger partial charge on any atom is 0.277 e. The summed E-state index contributed by atoms with van der Waals surface area (Å²) in [6.45, 7) is -0.531. The molecule has 20 heavy (non-hydrogen) atoms. The van der Waals surface area contributed by atoms with Crippen LogP contribution in [-0.4, -0.2) is 35.0 Å². The number of imide groups is 1. The largest absolute Gasteiger partial charge is 0.395 e. The number of carbonyl (C=O) groups is 2. The zero-order valence-corrected chi connectivity index (χ0v) is 11.6. The van der Waals surface area contributed by atoms with E-state index in [0.29, 0.717) is 0 Å². The van der Waals surface area contributed by atoms with Gasteiger partial charge in [-0.2, -0.15) is 0 Å². The number of amides is 2. The molecule has 0 saturated heterocycles. The van der Waals surface area contributed by atoms with E-state index >= 15 is 0 Å². The predicted octanol–water partition coefficient (Wildman–Crippen LogP) is 1.38. The summed E-state index contributed by atoms with van der Waals surface area (Å²) in [7, 11) is 0. The molecule has 0 unspecified atom stereocenters. The second-order valence-electron chi connectivity index (χ2n) is 3.95. The highest BCUT2D eigenvalue weighted by Crippen LogP contribution is 2.25. The van der Waals surface area contributed by atoms with Gasteiger partial charge in [0.1, 0.15) is 17.3 Å². The first kappa shape index (κ1) is 14.6. The number of rotatable bonds is 4. The molecule has 0 bridgehead atoms. The molecule has 2 rings (SSSR count). The molecule has 1 heterocycles. The number of carbonyl (C=O) groups excluding carboxylic acids is 2. The minimum absolute atomic E-state index is 0.0507. The second kappa shape index (κ2) is 5.68. The van der Waals surface area contributed by atoms with Gasteiger partial charge in [0.05, 0.1) is 23.3 Å². The topological polar surface area (TPSA) is 69.6 Å². The Kier molecular flexibility index (Phi) is 4.15. The molecule has 0 aliphatic carbocycles. The van der Waals surface area contributed by atoms with Gasteiger partial charge < -0.3 is 10.4 Å². The minimum atomic E-state index is -0.778. The molecule has 0 saturated carbocycles. The van der Waals surface area contributed by atoms with E-state index in [4.69, 9.17) is 5.11 Å². The Hall–Kier alpha value is -1.80. The van der Waals surface area contributed by atoms with Gasteiger partial charge in [0.15, 0.2) is 0 Å². The summed E-state index contributed by atoms with van der Waals surface area (Å²) in [5.41, 5.74) is -0.437. The molecule has 8 heteroatoms. The number of benzene rings is 1. The van der Waals surface area contributed by atoms with E-state index in [2.05, 4.69) is 21.2 Å². The molecule has 106 valence electrons. The summed E-state index contributed by atoms with van der Waals surface area (Å²) in [6.07, 6.45) is 0.970. The Balaban J connectivity index is 2.23. The van der Waals surface area contributed by atoms with Crippen molar-refractivity contribution in [2.45, 2.75) is 0 Å². The first-order valence-corrected chi connectivity index (χ1v) is 6.33. The summed E-state index contributed by atoms with van der Waals surface area (Å²) < 4.78 is 26.9. The number of hydrogen-bond donors (Lipinski definition) is 2. The van der Waals surface area contributed by atoms with Crippen LogP contribution >= 0.6 is 15.9 Å². The number of aliphatic hydroxyl groups excluding tert-OH is 1. The molecule has 1 aromatic rings. The standard InChI is InChI=1S/C12H9BrF2N2O3/c13-6-3-8(15)9(4-7(6)14)16-10-5-11(19)17(1-2-18)12(10)20/h3-5,16,18H,1-2H2. The number of nitrogens with zero attached hydrogens (tertiary/aromatic N) is 1. The van der Waals surface area contributed by atoms with E-state index in [1.54, 1.807) is 0 Å². The fourth-order valence-electron chi connectivity index (χ4n) is 1.67. The van der Waals surface area contributed by atoms with Crippen molar-refractivity contribution >= 4 is 33.4 Å². The van der Waals surface area contributed by atoms with E-state index in [1.165, 1.54) is 0 Å². The zero-order valence-electron chi connectivity index (χ0n) is 9.99. The number of nitrogens with one attached hydrogen (secondary N) is 1. The Labute approximate surface area is 121 Å². The van der Waals surface area contributed by atoms with Crippen molar-refractivity contribution in [3.05, 3.63) is 40.0 Å². The molecule has 0 spiro atoms. The molecule has 5 nitrogen and oxygen atoms in total. The average molecular weight is 347 g/mol. The highest BCUT2D eigenvalue weighted by Gasteiger charge is 2.31. The van der Waals surface area contributed by atoms with Crippen molar-refractivity contribution in [3.63, 3.8) is 0 Å². The Morgan fingerprint density at radius 1 is 1.25 bits per heavy atom. The van der Waals surface area contributed by atoms with Gasteiger partial charge in [0.25, 0.3) is 11.8 Å². The molecule has 0 aromatic heterocycles. The van der Waals surface area contributed by atoms with Gasteiger partial charge in [-0.05, 0) is 22.0 Å². The van der Waals surface area contributed by atoms with Crippen LogP contribution in [0.5, 0.6) is 0 Å². The van der Waals surface area contributed by atoms with Crippen molar-refractivity contribution < 1.29 is 23.5 Å². The van der Waals surface area contributed by atoms with Crippen LogP contribution in [0.15, 0.2) is 28.4 Å². The van der Waals surface area contributed by atoms with Crippen LogP contribution in [0.3, 0.4) is 0 Å². The fourth-order valence-corrected chi connectivity index (χ4v) is 1.99. The summed E-state index contributed by atoms with van der Waals surface area (Å²) in [6, 6.07) is 1.78. The van der Waals surface area contributed by atoms with Crippen LogP contribution in [0, 0.1) is 11.6 Å². The fraction of sp³-hybridized carbons (Fsp3) is 0.167. The number of aliphatic hydroxyl groups is 1. The Morgan fingerprint density at radius 2 is 1.95 bits per heavy atom. The third kappa shape index (κ3) is 2.70. The molecule has 2 amide bonds. The summed E-state index contributed by atoms with van der Waals surface area (Å²) in [5.74, 6) is -2.81. The molecule has 0 fully saturated rings. The van der Waals surface area contributed by atoms with E-state index in [1.807, 2.05) is 0 Å². The lowest BCUT2D eigenvalue weighted by molar-refractivity contribution is -0.137. The van der Waals surface area contributed by atoms with Crippen molar-refractivity contribution in [1.29, 1.82) is 0 Å².